The first-order valence-electron chi connectivity index (χ1n) is 14.6. The van der Waals surface area contributed by atoms with Crippen LogP contribution in [0.4, 0.5) is 0 Å². The van der Waals surface area contributed by atoms with Gasteiger partial charge in [0.1, 0.15) is 0 Å². The molecule has 0 aromatic carbocycles. The van der Waals surface area contributed by atoms with Gasteiger partial charge in [-0.1, -0.05) is 13.8 Å². The Morgan fingerprint density at radius 2 is 1.02 bits per heavy atom. The fraction of sp³-hybridized carbons (Fsp3) is 0.353. The minimum Gasteiger partial charge on any atom is -1.00 e. The maximum Gasteiger partial charge on any atom is 3.00 e. The van der Waals surface area contributed by atoms with E-state index in [2.05, 4.69) is 49.8 Å². The van der Waals surface area contributed by atoms with Gasteiger partial charge in [0.25, 0.3) is 0 Å². The Bertz CT molecular complexity index is 1880. The molecule has 5 heterocycles. The Morgan fingerprint density at radius 1 is 0.609 bits per heavy atom. The molecule has 46 heavy (non-hydrogen) atoms. The Morgan fingerprint density at radius 3 is 1.54 bits per heavy atom. The van der Waals surface area contributed by atoms with Gasteiger partial charge in [-0.25, -0.2) is 9.97 Å². The zero-order valence-corrected chi connectivity index (χ0v) is 30.2. The quantitative estimate of drug-likeness (QED) is 0.228. The molecule has 0 fully saturated rings. The molecule has 12 heteroatoms. The Labute approximate surface area is 298 Å². The van der Waals surface area contributed by atoms with Crippen molar-refractivity contribution in [3.05, 3.63) is 69.3 Å². The van der Waals surface area contributed by atoms with Crippen LogP contribution in [-0.2, 0) is 39.8 Å². The van der Waals surface area contributed by atoms with Gasteiger partial charge in [0.05, 0.1) is 22.8 Å². The Balaban J connectivity index is 0.00000264. The molecule has 0 aliphatic carbocycles. The number of nitrogens with one attached hydrogen (secondary N) is 2. The maximum absolute atomic E-state index is 11.5. The molecule has 3 aromatic heterocycles. The molecule has 0 spiro atoms. The van der Waals surface area contributed by atoms with Crippen LogP contribution in [0.5, 0.6) is 0 Å². The van der Waals surface area contributed by atoms with Gasteiger partial charge >= 0.3 is 29.3 Å². The molecule has 0 unspecified atom stereocenters. The normalized spacial score (nSPS) is 12.1. The van der Waals surface area contributed by atoms with Gasteiger partial charge < -0.3 is 57.4 Å². The minimum atomic E-state index is -0.864. The number of allylic oxidation sites excluding steroid dienone is 4. The van der Waals surface area contributed by atoms with E-state index in [-0.39, 0.29) is 67.4 Å². The number of rotatable bonds is 8. The van der Waals surface area contributed by atoms with Crippen LogP contribution >= 0.6 is 0 Å². The van der Waals surface area contributed by atoms with Crippen LogP contribution in [0, 0.1) is 13.8 Å². The van der Waals surface area contributed by atoms with Gasteiger partial charge in [0.15, 0.2) is 0 Å². The molecule has 1 radical (unpaired) electrons. The molecule has 245 valence electrons. The van der Waals surface area contributed by atoms with Gasteiger partial charge in [-0.05, 0) is 122 Å². The monoisotopic (exact) mass is 723 g/mol. The zero-order chi connectivity index (χ0) is 30.3. The van der Waals surface area contributed by atoms with Crippen molar-refractivity contribution in [3.63, 3.8) is 0 Å². The van der Waals surface area contributed by atoms with Crippen LogP contribution < -0.4 is 37.2 Å². The van der Waals surface area contributed by atoms with Crippen LogP contribution in [0.3, 0.4) is 0 Å². The second kappa shape index (κ2) is 16.7. The number of halogens is 3. The zero-order valence-electron chi connectivity index (χ0n) is 26.7. The smallest absolute Gasteiger partial charge is 1.00 e. The molecule has 0 saturated carbocycles. The van der Waals surface area contributed by atoms with E-state index in [0.717, 1.165) is 79.8 Å². The summed E-state index contributed by atoms with van der Waals surface area (Å²) in [6.45, 7) is 12.5. The first-order chi connectivity index (χ1) is 20.0. The van der Waals surface area contributed by atoms with E-state index in [1.807, 2.05) is 26.0 Å². The fourth-order valence-electron chi connectivity index (χ4n) is 6.22. The van der Waals surface area contributed by atoms with Crippen LogP contribution in [-0.4, -0.2) is 42.1 Å². The van der Waals surface area contributed by atoms with Gasteiger partial charge in [-0.2, -0.15) is 0 Å². The molecule has 0 saturated heterocycles. The van der Waals surface area contributed by atoms with E-state index in [4.69, 9.17) is 9.97 Å². The van der Waals surface area contributed by atoms with Crippen molar-refractivity contribution in [2.24, 2.45) is 0 Å². The van der Waals surface area contributed by atoms with E-state index in [1.165, 1.54) is 16.7 Å². The largest absolute Gasteiger partial charge is 3.00 e. The van der Waals surface area contributed by atoms with Crippen molar-refractivity contribution < 1.29 is 74.4 Å². The van der Waals surface area contributed by atoms with E-state index < -0.39 is 11.9 Å². The summed E-state index contributed by atoms with van der Waals surface area (Å²) in [6, 6.07) is 8.19. The standard InChI is InChI=1S/C34H38N4O4.3ClH.Cr/c1-7-21-17(3)25-13-26-19(5)23(9-11-33(39)40)31(37-26)16-32-24(10-12-34(41)42)20(6)28(38-32)15-30-22(8-2)18(4)27(36-30)14-29(21)35-25;;;;/h13-16,36-37H,7-12H2,1-6H3,(H,39,40)(H,41,42);3*1H;/q;;;;+3/p-3. The number of aryl methyl sites for hydroxylation is 4. The molecule has 4 N–H and O–H groups in total. The first-order valence-corrected chi connectivity index (χ1v) is 14.6. The van der Waals surface area contributed by atoms with Crippen LogP contribution in [0.25, 0.3) is 44.4 Å². The summed E-state index contributed by atoms with van der Waals surface area (Å²) in [5, 5.41) is 18.9. The van der Waals surface area contributed by atoms with E-state index >= 15 is 0 Å². The number of nitrogens with zero attached hydrogens (tertiary/aromatic N) is 2. The summed E-state index contributed by atoms with van der Waals surface area (Å²) in [5.41, 5.74) is 15.4. The van der Waals surface area contributed by atoms with Gasteiger partial charge in [0, 0.05) is 34.9 Å². The molecule has 8 nitrogen and oxygen atoms in total. The molecular weight excluding hydrogens is 687 g/mol. The molecule has 0 amide bonds. The number of aromatic amines is 2. The number of hydrogen-bond acceptors (Lipinski definition) is 4. The number of aliphatic carboxylic acids is 2. The van der Waals surface area contributed by atoms with Crippen molar-refractivity contribution >= 4 is 56.3 Å². The van der Waals surface area contributed by atoms with Crippen LogP contribution in [0.1, 0.15) is 98.4 Å². The minimum absolute atomic E-state index is 0. The predicted octanol–water partition coefficient (Wildman–Crippen LogP) is -1.34. The van der Waals surface area contributed by atoms with Crippen molar-refractivity contribution in [1.82, 2.24) is 19.9 Å². The van der Waals surface area contributed by atoms with Crippen molar-refractivity contribution in [1.29, 1.82) is 0 Å². The van der Waals surface area contributed by atoms with E-state index in [0.29, 0.717) is 18.5 Å². The van der Waals surface area contributed by atoms with Crippen molar-refractivity contribution in [3.8, 4) is 0 Å². The van der Waals surface area contributed by atoms with Gasteiger partial charge in [-0.3, -0.25) is 9.59 Å². The average Bonchev–Trinajstić information content (AvgIpc) is 3.59. The number of aromatic nitrogens is 4. The summed E-state index contributed by atoms with van der Waals surface area (Å²) in [4.78, 5) is 40.3. The van der Waals surface area contributed by atoms with E-state index in [9.17, 15) is 19.8 Å². The maximum atomic E-state index is 11.5. The second-order valence-corrected chi connectivity index (χ2v) is 11.2. The van der Waals surface area contributed by atoms with Gasteiger partial charge in [0.2, 0.25) is 0 Å². The molecule has 0 atom stereocenters. The SMILES string of the molecule is CCC1=C(C)c2cc3[nH]c(cc4nc(cc5[nH]c(cc1n2)c(C)c5CC)C(C)=C4CCC(=O)O)c(CCC(=O)O)c3C.[Cl-].[Cl-].[Cl-].[Cr+3]. The average molecular weight is 725 g/mol. The molecule has 8 bridgehead atoms. The summed E-state index contributed by atoms with van der Waals surface area (Å²) in [5.74, 6) is -1.72. The molecule has 2 aliphatic rings. The number of carboxylic acid groups (broad SMARTS) is 2. The second-order valence-electron chi connectivity index (χ2n) is 11.2. The predicted molar refractivity (Wildman–Crippen MR) is 168 cm³/mol. The van der Waals surface area contributed by atoms with Crippen LogP contribution in [0.15, 0.2) is 24.3 Å². The molecule has 5 rings (SSSR count). The fourth-order valence-corrected chi connectivity index (χ4v) is 6.22. The number of fused-ring (bicyclic) bond motifs is 8. The summed E-state index contributed by atoms with van der Waals surface area (Å²) < 4.78 is 0. The summed E-state index contributed by atoms with van der Waals surface area (Å²) in [7, 11) is 0. The van der Waals surface area contributed by atoms with Crippen molar-refractivity contribution in [2.45, 2.75) is 80.1 Å². The molecular formula is C34H38Cl3CrN4O4. The summed E-state index contributed by atoms with van der Waals surface area (Å²) in [6.07, 6.45) is 2.39. The third kappa shape index (κ3) is 7.90. The number of carbonyl (C=O) groups is 2. The van der Waals surface area contributed by atoms with Gasteiger partial charge in [-0.15, -0.1) is 0 Å². The molecule has 3 aromatic rings. The van der Waals surface area contributed by atoms with E-state index in [1.54, 1.807) is 0 Å². The number of hydrogen-bond donors (Lipinski definition) is 4. The Hall–Kier alpha value is -3.06. The van der Waals surface area contributed by atoms with Crippen molar-refractivity contribution in [2.75, 3.05) is 0 Å². The third-order valence-corrected chi connectivity index (χ3v) is 8.69. The van der Waals surface area contributed by atoms with Crippen LogP contribution in [0.2, 0.25) is 0 Å². The topological polar surface area (TPSA) is 132 Å². The number of H-pyrrole nitrogens is 2. The third-order valence-electron chi connectivity index (χ3n) is 8.69. The number of carboxylic acids is 2. The molecule has 2 aliphatic heterocycles. The summed E-state index contributed by atoms with van der Waals surface area (Å²) >= 11 is 0. The Kier molecular flexibility index (Phi) is 14.8. The first kappa shape index (κ1) is 41.0.